The molecule has 1 aliphatic rings. The van der Waals surface area contributed by atoms with E-state index >= 15 is 26.3 Å². The molecule has 0 saturated heterocycles. The van der Waals surface area contributed by atoms with Gasteiger partial charge in [-0.25, -0.2) is 26.3 Å². The van der Waals surface area contributed by atoms with E-state index in [0.717, 1.165) is 44.9 Å². The highest BCUT2D eigenvalue weighted by molar-refractivity contribution is 5.76. The summed E-state index contributed by atoms with van der Waals surface area (Å²) < 4.78 is 125. The second-order valence-electron chi connectivity index (χ2n) is 13.0. The number of carbonyl (C=O) groups is 1. The average molecular weight is 677 g/mol. The summed E-state index contributed by atoms with van der Waals surface area (Å²) >= 11 is 0. The average Bonchev–Trinajstić information content (AvgIpc) is 3.07. The lowest BCUT2D eigenvalue weighted by molar-refractivity contribution is -0.140. The summed E-state index contributed by atoms with van der Waals surface area (Å²) in [6.45, 7) is 4.19. The minimum atomic E-state index is -2.35. The predicted octanol–water partition coefficient (Wildman–Crippen LogP) is 12.6. The van der Waals surface area contributed by atoms with Crippen LogP contribution in [0.4, 0.5) is 35.1 Å². The van der Waals surface area contributed by atoms with Crippen LogP contribution in [0.1, 0.15) is 141 Å². The van der Waals surface area contributed by atoms with Crippen molar-refractivity contribution in [1.29, 1.82) is 0 Å². The first kappa shape index (κ1) is 38.8. The van der Waals surface area contributed by atoms with Crippen LogP contribution in [0, 0.1) is 58.4 Å². The predicted molar refractivity (Wildman–Crippen MR) is 167 cm³/mol. The van der Waals surface area contributed by atoms with Gasteiger partial charge in [-0.1, -0.05) is 104 Å². The lowest BCUT2D eigenvalue weighted by Crippen LogP contribution is -2.26. The zero-order valence-corrected chi connectivity index (χ0v) is 27.6. The van der Waals surface area contributed by atoms with Gasteiger partial charge >= 0.3 is 5.97 Å². The van der Waals surface area contributed by atoms with E-state index in [1.165, 1.54) is 38.5 Å². The summed E-state index contributed by atoms with van der Waals surface area (Å²) in [5.74, 6) is -20.5. The first-order chi connectivity index (χ1) is 22.5. The quantitative estimate of drug-likeness (QED) is 0.0487. The van der Waals surface area contributed by atoms with Gasteiger partial charge in [-0.2, -0.15) is 8.78 Å². The lowest BCUT2D eigenvalue weighted by atomic mass is 9.79. The van der Waals surface area contributed by atoms with Crippen LogP contribution in [-0.2, 0) is 11.2 Å². The molecule has 0 bridgehead atoms. The number of carbonyl (C=O) groups excluding carboxylic acids is 1. The van der Waals surface area contributed by atoms with Crippen molar-refractivity contribution in [1.82, 2.24) is 0 Å². The molecule has 264 valence electrons. The molecule has 2 aromatic rings. The van der Waals surface area contributed by atoms with Gasteiger partial charge in [-0.15, -0.1) is 0 Å². The molecule has 0 N–H and O–H groups in total. The second kappa shape index (κ2) is 19.4. The molecule has 0 aromatic heterocycles. The fraction of sp³-hybridized carbons (Fsp3) is 0.649. The van der Waals surface area contributed by atoms with Gasteiger partial charge < -0.3 is 4.74 Å². The molecule has 0 radical (unpaired) electrons. The number of ether oxygens (including phenoxy) is 1. The zero-order chi connectivity index (χ0) is 34.5. The third-order valence-electron chi connectivity index (χ3n) is 9.46. The van der Waals surface area contributed by atoms with E-state index in [1.807, 2.05) is 6.92 Å². The largest absolute Gasteiger partial charge is 0.420 e. The summed E-state index contributed by atoms with van der Waals surface area (Å²) in [5, 5.41) is 0. The molecule has 47 heavy (non-hydrogen) atoms. The van der Waals surface area contributed by atoms with Gasteiger partial charge in [0.2, 0.25) is 17.4 Å². The Labute approximate surface area is 273 Å². The Kier molecular flexibility index (Phi) is 16.0. The first-order valence-corrected chi connectivity index (χ1v) is 17.5. The monoisotopic (exact) mass is 676 g/mol. The third-order valence-corrected chi connectivity index (χ3v) is 9.46. The summed E-state index contributed by atoms with van der Waals surface area (Å²) in [6.07, 6.45) is 16.6. The molecule has 0 atom stereocenters. The standard InChI is InChI=1S/C37H48F8O2/c1-3-5-7-9-11-12-13-15-17-23-19-21-24(22-20-23)37(46)47-36-34(44)32(42)27(33(43)35(36)45)26-30(40)28(38)25(29(39)31(26)41)18-16-14-10-8-6-4-2/h23-24H,3-22H2,1-2H3/t23-,24-. The molecule has 10 heteroatoms. The van der Waals surface area contributed by atoms with E-state index in [4.69, 9.17) is 4.74 Å². The van der Waals surface area contributed by atoms with Crippen molar-refractivity contribution in [2.75, 3.05) is 0 Å². The zero-order valence-electron chi connectivity index (χ0n) is 27.6. The van der Waals surface area contributed by atoms with E-state index in [9.17, 15) is 13.6 Å². The van der Waals surface area contributed by atoms with E-state index < -0.39 is 80.9 Å². The van der Waals surface area contributed by atoms with Crippen LogP contribution < -0.4 is 4.74 Å². The number of unbranched alkanes of at least 4 members (excludes halogenated alkanes) is 12. The van der Waals surface area contributed by atoms with Crippen molar-refractivity contribution < 1.29 is 44.7 Å². The van der Waals surface area contributed by atoms with E-state index in [-0.39, 0.29) is 12.8 Å². The van der Waals surface area contributed by atoms with Crippen molar-refractivity contribution >= 4 is 5.97 Å². The van der Waals surface area contributed by atoms with Gasteiger partial charge in [-0.3, -0.25) is 4.79 Å². The number of esters is 1. The Morgan fingerprint density at radius 3 is 1.40 bits per heavy atom. The number of hydrogen-bond donors (Lipinski definition) is 0. The number of hydrogen-bond acceptors (Lipinski definition) is 2. The van der Waals surface area contributed by atoms with E-state index in [1.54, 1.807) is 0 Å². The SMILES string of the molecule is CCCCCCCCCC[C@H]1CC[C@H](C(=O)Oc2c(F)c(F)c(-c3c(F)c(F)c(CCCCCCCC)c(F)c3F)c(F)c2F)CC1. The highest BCUT2D eigenvalue weighted by Crippen LogP contribution is 2.41. The summed E-state index contributed by atoms with van der Waals surface area (Å²) in [7, 11) is 0. The highest BCUT2D eigenvalue weighted by atomic mass is 19.2. The molecule has 1 saturated carbocycles. The maximum Gasteiger partial charge on any atom is 0.314 e. The molecule has 0 unspecified atom stereocenters. The van der Waals surface area contributed by atoms with Gasteiger partial charge in [0.15, 0.2) is 34.9 Å². The van der Waals surface area contributed by atoms with Gasteiger partial charge in [-0.05, 0) is 44.4 Å². The van der Waals surface area contributed by atoms with Crippen LogP contribution in [0.15, 0.2) is 0 Å². The molecular formula is C37H48F8O2. The topological polar surface area (TPSA) is 26.3 Å². The van der Waals surface area contributed by atoms with Crippen LogP contribution in [0.2, 0.25) is 0 Å². The van der Waals surface area contributed by atoms with Crippen molar-refractivity contribution in [3.05, 3.63) is 52.1 Å². The van der Waals surface area contributed by atoms with Crippen LogP contribution in [0.25, 0.3) is 11.1 Å². The smallest absolute Gasteiger partial charge is 0.314 e. The van der Waals surface area contributed by atoms with Crippen LogP contribution in [0.5, 0.6) is 5.75 Å². The molecule has 0 amide bonds. The Morgan fingerprint density at radius 2 is 0.936 bits per heavy atom. The van der Waals surface area contributed by atoms with Crippen LogP contribution in [0.3, 0.4) is 0 Å². The van der Waals surface area contributed by atoms with Crippen LogP contribution >= 0.6 is 0 Å². The molecule has 0 spiro atoms. The fourth-order valence-electron chi connectivity index (χ4n) is 6.56. The lowest BCUT2D eigenvalue weighted by Gasteiger charge is -2.27. The van der Waals surface area contributed by atoms with Crippen molar-refractivity contribution in [2.45, 2.75) is 142 Å². The molecular weight excluding hydrogens is 628 g/mol. The van der Waals surface area contributed by atoms with Gasteiger partial charge in [0.05, 0.1) is 17.0 Å². The van der Waals surface area contributed by atoms with Gasteiger partial charge in [0.25, 0.3) is 0 Å². The minimum absolute atomic E-state index is 0.197. The first-order valence-electron chi connectivity index (χ1n) is 17.5. The van der Waals surface area contributed by atoms with Gasteiger partial charge in [0, 0.05) is 5.56 Å². The normalized spacial score (nSPS) is 16.6. The fourth-order valence-corrected chi connectivity index (χ4v) is 6.56. The molecule has 3 rings (SSSR count). The molecule has 2 nitrogen and oxygen atoms in total. The molecule has 2 aromatic carbocycles. The van der Waals surface area contributed by atoms with Crippen LogP contribution in [-0.4, -0.2) is 5.97 Å². The number of rotatable bonds is 19. The van der Waals surface area contributed by atoms with Crippen molar-refractivity contribution in [3.8, 4) is 16.9 Å². The van der Waals surface area contributed by atoms with Gasteiger partial charge in [0.1, 0.15) is 0 Å². The molecule has 1 fully saturated rings. The summed E-state index contributed by atoms with van der Waals surface area (Å²) in [6, 6.07) is 0. The number of halogens is 8. The van der Waals surface area contributed by atoms with E-state index in [0.29, 0.717) is 38.0 Å². The maximum absolute atomic E-state index is 15.1. The second-order valence-corrected chi connectivity index (χ2v) is 13.0. The summed E-state index contributed by atoms with van der Waals surface area (Å²) in [4.78, 5) is 12.7. The maximum atomic E-state index is 15.1. The van der Waals surface area contributed by atoms with E-state index in [2.05, 4.69) is 6.92 Å². The number of benzene rings is 2. The Hall–Kier alpha value is -2.65. The Morgan fingerprint density at radius 1 is 0.532 bits per heavy atom. The summed E-state index contributed by atoms with van der Waals surface area (Å²) in [5.41, 5.74) is -4.86. The molecule has 1 aliphatic carbocycles. The molecule has 0 aliphatic heterocycles. The highest BCUT2D eigenvalue weighted by Gasteiger charge is 2.36. The van der Waals surface area contributed by atoms with Crippen molar-refractivity contribution in [2.24, 2.45) is 11.8 Å². The minimum Gasteiger partial charge on any atom is -0.420 e. The molecule has 0 heterocycles. The Balaban J connectivity index is 1.66. The third kappa shape index (κ3) is 10.2. The van der Waals surface area contributed by atoms with Crippen molar-refractivity contribution in [3.63, 3.8) is 0 Å². The Bertz CT molecular complexity index is 1260.